The number of sulfonamides is 1. The number of amides is 1. The molecule has 0 atom stereocenters. The maximum atomic E-state index is 12.5. The molecular formula is C24H23ClN2O3S. The Labute approximate surface area is 187 Å². The van der Waals surface area contributed by atoms with Crippen LogP contribution < -0.4 is 9.62 Å². The first-order valence-electron chi connectivity index (χ1n) is 10.1. The van der Waals surface area contributed by atoms with Crippen molar-refractivity contribution >= 4 is 38.9 Å². The number of para-hydroxylation sites is 1. The lowest BCUT2D eigenvalue weighted by Crippen LogP contribution is -2.29. The van der Waals surface area contributed by atoms with Crippen LogP contribution in [-0.2, 0) is 29.4 Å². The first-order chi connectivity index (χ1) is 14.8. The molecule has 7 heteroatoms. The van der Waals surface area contributed by atoms with Crippen LogP contribution in [0.4, 0.5) is 11.4 Å². The molecular weight excluding hydrogens is 432 g/mol. The van der Waals surface area contributed by atoms with Gasteiger partial charge in [-0.15, -0.1) is 0 Å². The number of rotatable bonds is 6. The van der Waals surface area contributed by atoms with Crippen molar-refractivity contribution in [3.63, 3.8) is 0 Å². The molecule has 3 aromatic carbocycles. The summed E-state index contributed by atoms with van der Waals surface area (Å²) < 4.78 is 26.4. The Balaban J connectivity index is 1.52. The molecule has 1 aliphatic rings. The van der Waals surface area contributed by atoms with Crippen LogP contribution in [0, 0.1) is 0 Å². The van der Waals surface area contributed by atoms with Gasteiger partial charge in [-0.3, -0.25) is 9.10 Å². The van der Waals surface area contributed by atoms with Gasteiger partial charge in [0.2, 0.25) is 10.0 Å². The van der Waals surface area contributed by atoms with E-state index in [0.29, 0.717) is 22.0 Å². The molecule has 160 valence electrons. The fourth-order valence-electron chi connectivity index (χ4n) is 3.80. The van der Waals surface area contributed by atoms with Crippen LogP contribution in [0.1, 0.15) is 33.5 Å². The Bertz CT molecular complexity index is 1220. The summed E-state index contributed by atoms with van der Waals surface area (Å²) in [4.78, 5) is 12.5. The zero-order valence-corrected chi connectivity index (χ0v) is 18.7. The molecule has 0 aliphatic heterocycles. The van der Waals surface area contributed by atoms with Crippen LogP contribution >= 0.6 is 11.6 Å². The summed E-state index contributed by atoms with van der Waals surface area (Å²) in [6.45, 7) is 0.198. The van der Waals surface area contributed by atoms with Crippen LogP contribution in [0.2, 0.25) is 5.02 Å². The van der Waals surface area contributed by atoms with Crippen molar-refractivity contribution in [1.82, 2.24) is 0 Å². The van der Waals surface area contributed by atoms with Gasteiger partial charge in [0, 0.05) is 5.56 Å². The van der Waals surface area contributed by atoms with Gasteiger partial charge in [-0.1, -0.05) is 41.9 Å². The molecule has 1 N–H and O–H groups in total. The van der Waals surface area contributed by atoms with Crippen LogP contribution in [0.3, 0.4) is 0 Å². The Morgan fingerprint density at radius 1 is 1.00 bits per heavy atom. The first kappa shape index (κ1) is 21.4. The standard InChI is InChI=1S/C24H23ClN2O3S/c1-31(29,30)27(21-14-13-18-5-4-6-20(18)15-21)16-17-9-11-19(12-10-17)24(28)26-23-8-3-2-7-22(23)25/h2-3,7-15H,4-6,16H2,1H3,(H,26,28). The molecule has 4 rings (SSSR count). The Morgan fingerprint density at radius 2 is 1.71 bits per heavy atom. The highest BCUT2D eigenvalue weighted by molar-refractivity contribution is 7.92. The summed E-state index contributed by atoms with van der Waals surface area (Å²) in [5.41, 5.74) is 4.98. The summed E-state index contributed by atoms with van der Waals surface area (Å²) in [6.07, 6.45) is 4.35. The summed E-state index contributed by atoms with van der Waals surface area (Å²) in [7, 11) is -3.47. The molecule has 0 spiro atoms. The number of benzene rings is 3. The third-order valence-corrected chi connectivity index (χ3v) is 6.90. The number of aryl methyl sites for hydroxylation is 2. The maximum absolute atomic E-state index is 12.5. The number of nitrogens with one attached hydrogen (secondary N) is 1. The lowest BCUT2D eigenvalue weighted by Gasteiger charge is -2.23. The summed E-state index contributed by atoms with van der Waals surface area (Å²) in [5, 5.41) is 3.25. The number of anilines is 2. The predicted octanol–water partition coefficient (Wildman–Crippen LogP) is 5.05. The smallest absolute Gasteiger partial charge is 0.255 e. The molecule has 1 amide bonds. The van der Waals surface area contributed by atoms with Gasteiger partial charge in [0.05, 0.1) is 29.2 Å². The zero-order chi connectivity index (χ0) is 22.0. The predicted molar refractivity (Wildman–Crippen MR) is 125 cm³/mol. The van der Waals surface area contributed by atoms with Crippen LogP contribution in [0.15, 0.2) is 66.7 Å². The van der Waals surface area contributed by atoms with Gasteiger partial charge in [-0.2, -0.15) is 0 Å². The number of carbonyl (C=O) groups excluding carboxylic acids is 1. The van der Waals surface area contributed by atoms with Crippen LogP contribution in [0.5, 0.6) is 0 Å². The minimum absolute atomic E-state index is 0.198. The molecule has 3 aromatic rings. The number of hydrogen-bond acceptors (Lipinski definition) is 3. The number of fused-ring (bicyclic) bond motifs is 1. The summed E-state index contributed by atoms with van der Waals surface area (Å²) in [6, 6.07) is 19.8. The fourth-order valence-corrected chi connectivity index (χ4v) is 4.86. The van der Waals surface area contributed by atoms with Gasteiger partial charge in [0.25, 0.3) is 5.91 Å². The third kappa shape index (κ3) is 4.92. The summed E-state index contributed by atoms with van der Waals surface area (Å²) >= 11 is 6.10. The normalized spacial score (nSPS) is 13.0. The molecule has 0 unspecified atom stereocenters. The molecule has 0 bridgehead atoms. The van der Waals surface area contributed by atoms with Gasteiger partial charge in [0.1, 0.15) is 0 Å². The average Bonchev–Trinajstić information content (AvgIpc) is 3.21. The largest absolute Gasteiger partial charge is 0.321 e. The molecule has 0 radical (unpaired) electrons. The van der Waals surface area contributed by atoms with E-state index in [2.05, 4.69) is 5.32 Å². The molecule has 0 fully saturated rings. The van der Waals surface area contributed by atoms with E-state index >= 15 is 0 Å². The Hall–Kier alpha value is -2.83. The number of hydrogen-bond donors (Lipinski definition) is 1. The number of halogens is 1. The van der Waals surface area contributed by atoms with Crippen molar-refractivity contribution in [2.45, 2.75) is 25.8 Å². The van der Waals surface area contributed by atoms with Crippen LogP contribution in [-0.4, -0.2) is 20.6 Å². The second kappa shape index (κ2) is 8.73. The van der Waals surface area contributed by atoms with E-state index in [1.165, 1.54) is 21.7 Å². The second-order valence-corrected chi connectivity index (χ2v) is 10.0. The average molecular weight is 455 g/mol. The SMILES string of the molecule is CS(=O)(=O)N(Cc1ccc(C(=O)Nc2ccccc2Cl)cc1)c1ccc2c(c1)CCC2. The van der Waals surface area contributed by atoms with E-state index in [4.69, 9.17) is 11.6 Å². The van der Waals surface area contributed by atoms with Crippen LogP contribution in [0.25, 0.3) is 0 Å². The second-order valence-electron chi connectivity index (χ2n) is 7.71. The van der Waals surface area contributed by atoms with Gasteiger partial charge in [-0.05, 0) is 72.4 Å². The topological polar surface area (TPSA) is 66.5 Å². The summed E-state index contributed by atoms with van der Waals surface area (Å²) in [5.74, 6) is -0.279. The minimum atomic E-state index is -3.47. The van der Waals surface area contributed by atoms with Gasteiger partial charge < -0.3 is 5.32 Å². The monoisotopic (exact) mass is 454 g/mol. The van der Waals surface area contributed by atoms with Crippen molar-refractivity contribution in [2.75, 3.05) is 15.9 Å². The van der Waals surface area contributed by atoms with E-state index in [0.717, 1.165) is 24.8 Å². The van der Waals surface area contributed by atoms with Crippen molar-refractivity contribution in [3.05, 3.63) is 94.0 Å². The number of carbonyl (C=O) groups is 1. The molecule has 0 saturated heterocycles. The lowest BCUT2D eigenvalue weighted by molar-refractivity contribution is 0.102. The molecule has 0 heterocycles. The van der Waals surface area contributed by atoms with Gasteiger partial charge >= 0.3 is 0 Å². The molecule has 5 nitrogen and oxygen atoms in total. The highest BCUT2D eigenvalue weighted by Crippen LogP contribution is 2.29. The zero-order valence-electron chi connectivity index (χ0n) is 17.1. The van der Waals surface area contributed by atoms with Crippen molar-refractivity contribution in [1.29, 1.82) is 0 Å². The molecule has 31 heavy (non-hydrogen) atoms. The molecule has 0 aromatic heterocycles. The van der Waals surface area contributed by atoms with E-state index in [9.17, 15) is 13.2 Å². The maximum Gasteiger partial charge on any atom is 0.255 e. The first-order valence-corrected chi connectivity index (χ1v) is 12.3. The Kier molecular flexibility index (Phi) is 6.03. The van der Waals surface area contributed by atoms with E-state index in [1.54, 1.807) is 48.5 Å². The quantitative estimate of drug-likeness (QED) is 0.567. The highest BCUT2D eigenvalue weighted by Gasteiger charge is 2.20. The molecule has 1 aliphatic carbocycles. The van der Waals surface area contributed by atoms with E-state index in [-0.39, 0.29) is 12.5 Å². The number of nitrogens with zero attached hydrogens (tertiary/aromatic N) is 1. The Morgan fingerprint density at radius 3 is 2.42 bits per heavy atom. The molecule has 0 saturated carbocycles. The van der Waals surface area contributed by atoms with E-state index in [1.807, 2.05) is 18.2 Å². The van der Waals surface area contributed by atoms with Crippen molar-refractivity contribution < 1.29 is 13.2 Å². The van der Waals surface area contributed by atoms with E-state index < -0.39 is 10.0 Å². The van der Waals surface area contributed by atoms with Crippen molar-refractivity contribution in [2.24, 2.45) is 0 Å². The van der Waals surface area contributed by atoms with Gasteiger partial charge in [-0.25, -0.2) is 8.42 Å². The third-order valence-electron chi connectivity index (χ3n) is 5.43. The fraction of sp³-hybridized carbons (Fsp3) is 0.208. The highest BCUT2D eigenvalue weighted by atomic mass is 35.5. The lowest BCUT2D eigenvalue weighted by atomic mass is 10.1. The van der Waals surface area contributed by atoms with Crippen molar-refractivity contribution in [3.8, 4) is 0 Å². The minimum Gasteiger partial charge on any atom is -0.321 e. The van der Waals surface area contributed by atoms with Gasteiger partial charge in [0.15, 0.2) is 0 Å².